The molecule has 3 heteroatoms. The first-order chi connectivity index (χ1) is 11.3. The summed E-state index contributed by atoms with van der Waals surface area (Å²) in [6.07, 6.45) is 24.2. The van der Waals surface area contributed by atoms with Crippen LogP contribution in [0.2, 0.25) is 0 Å². The Morgan fingerprint density at radius 1 is 0.435 bits per heavy atom. The zero-order valence-electron chi connectivity index (χ0n) is 15.7. The van der Waals surface area contributed by atoms with Gasteiger partial charge in [-0.15, -0.1) is 0 Å². The van der Waals surface area contributed by atoms with Gasteiger partial charge in [-0.05, 0) is 6.42 Å². The molecule has 0 N–H and O–H groups in total. The summed E-state index contributed by atoms with van der Waals surface area (Å²) < 4.78 is 20.8. The summed E-state index contributed by atoms with van der Waals surface area (Å²) in [7, 11) is -2.14. The second kappa shape index (κ2) is 20.0. The van der Waals surface area contributed by atoms with E-state index in [-0.39, 0.29) is 0 Å². The van der Waals surface area contributed by atoms with Crippen LogP contribution in [0.15, 0.2) is 0 Å². The van der Waals surface area contributed by atoms with Crippen molar-refractivity contribution in [1.29, 1.82) is 0 Å². The van der Waals surface area contributed by atoms with E-state index in [4.69, 9.17) is 0 Å². The molecular weight excluding hydrogens is 304 g/mol. The molecule has 23 heavy (non-hydrogen) atoms. The molecule has 2 nitrogen and oxygen atoms in total. The molecule has 0 aromatic rings. The molecule has 0 amide bonds. The third-order valence-electron chi connectivity index (χ3n) is 4.69. The van der Waals surface area contributed by atoms with Crippen molar-refractivity contribution in [3.05, 3.63) is 0 Å². The summed E-state index contributed by atoms with van der Waals surface area (Å²) in [6, 6.07) is 0. The van der Waals surface area contributed by atoms with Crippen LogP contribution in [-0.2, 0) is 10.7 Å². The van der Waals surface area contributed by atoms with E-state index in [0.29, 0.717) is 5.75 Å². The molecule has 0 aromatic heterocycles. The van der Waals surface area contributed by atoms with Crippen molar-refractivity contribution in [3.8, 4) is 0 Å². The van der Waals surface area contributed by atoms with E-state index in [1.54, 1.807) is 0 Å². The van der Waals surface area contributed by atoms with Crippen LogP contribution in [0.1, 0.15) is 122 Å². The van der Waals surface area contributed by atoms with Crippen LogP contribution in [0.25, 0.3) is 0 Å². The zero-order chi connectivity index (χ0) is 17.0. The van der Waals surface area contributed by atoms with Crippen molar-refractivity contribution in [3.63, 3.8) is 0 Å². The highest BCUT2D eigenvalue weighted by molar-refractivity contribution is 7.72. The maximum Gasteiger partial charge on any atom is 0.140 e. The van der Waals surface area contributed by atoms with E-state index in [2.05, 4.69) is 6.92 Å². The SMILES string of the molecule is CCCCCCCCCCCCCCCCCCCC[SH](=O)=O. The fraction of sp³-hybridized carbons (Fsp3) is 1.00. The van der Waals surface area contributed by atoms with Gasteiger partial charge >= 0.3 is 0 Å². The van der Waals surface area contributed by atoms with Gasteiger partial charge in [0.2, 0.25) is 0 Å². The van der Waals surface area contributed by atoms with Gasteiger partial charge in [0.1, 0.15) is 10.7 Å². The Hall–Kier alpha value is -0.0500. The van der Waals surface area contributed by atoms with Gasteiger partial charge in [0, 0.05) is 5.75 Å². The molecule has 0 saturated heterocycles. The first-order valence-corrected chi connectivity index (χ1v) is 11.8. The third-order valence-corrected chi connectivity index (χ3v) is 5.38. The van der Waals surface area contributed by atoms with E-state index in [1.165, 1.54) is 103 Å². The molecule has 0 aliphatic heterocycles. The summed E-state index contributed by atoms with van der Waals surface area (Å²) in [5.74, 6) is 0.383. The van der Waals surface area contributed by atoms with Crippen molar-refractivity contribution in [2.24, 2.45) is 0 Å². The maximum atomic E-state index is 10.4. The topological polar surface area (TPSA) is 34.1 Å². The highest BCUT2D eigenvalue weighted by Crippen LogP contribution is 2.14. The maximum absolute atomic E-state index is 10.4. The summed E-state index contributed by atoms with van der Waals surface area (Å²) in [5, 5.41) is 0. The molecule has 0 radical (unpaired) electrons. The second-order valence-electron chi connectivity index (χ2n) is 7.07. The fourth-order valence-electron chi connectivity index (χ4n) is 3.14. The lowest BCUT2D eigenvalue weighted by Crippen LogP contribution is -1.88. The number of rotatable bonds is 19. The van der Waals surface area contributed by atoms with Gasteiger partial charge in [0.15, 0.2) is 0 Å². The Morgan fingerprint density at radius 2 is 0.696 bits per heavy atom. The number of hydrogen-bond acceptors (Lipinski definition) is 2. The van der Waals surface area contributed by atoms with Crippen LogP contribution >= 0.6 is 0 Å². The number of hydrogen-bond donors (Lipinski definition) is 1. The largest absolute Gasteiger partial charge is 0.232 e. The molecule has 140 valence electrons. The summed E-state index contributed by atoms with van der Waals surface area (Å²) in [5.41, 5.74) is 0. The van der Waals surface area contributed by atoms with E-state index in [0.717, 1.165) is 12.8 Å². The lowest BCUT2D eigenvalue weighted by molar-refractivity contribution is 0.526. The highest BCUT2D eigenvalue weighted by atomic mass is 32.2. The highest BCUT2D eigenvalue weighted by Gasteiger charge is 1.95. The van der Waals surface area contributed by atoms with E-state index < -0.39 is 10.7 Å². The molecule has 0 atom stereocenters. The predicted molar refractivity (Wildman–Crippen MR) is 104 cm³/mol. The van der Waals surface area contributed by atoms with Crippen LogP contribution in [-0.4, -0.2) is 14.2 Å². The smallest absolute Gasteiger partial charge is 0.140 e. The van der Waals surface area contributed by atoms with Crippen LogP contribution < -0.4 is 0 Å². The molecule has 0 aliphatic carbocycles. The average Bonchev–Trinajstić information content (AvgIpc) is 2.53. The van der Waals surface area contributed by atoms with Crippen LogP contribution in [0.3, 0.4) is 0 Å². The van der Waals surface area contributed by atoms with Gasteiger partial charge in [-0.25, -0.2) is 8.42 Å². The lowest BCUT2D eigenvalue weighted by atomic mass is 10.0. The summed E-state index contributed by atoms with van der Waals surface area (Å²) in [4.78, 5) is 0. The van der Waals surface area contributed by atoms with E-state index in [9.17, 15) is 8.42 Å². The molecule has 0 aliphatic rings. The Bertz CT molecular complexity index is 279. The molecule has 0 aromatic carbocycles. The van der Waals surface area contributed by atoms with Gasteiger partial charge in [0.05, 0.1) is 0 Å². The molecule has 0 rings (SSSR count). The van der Waals surface area contributed by atoms with Gasteiger partial charge in [0.25, 0.3) is 0 Å². The predicted octanol–water partition coefficient (Wildman–Crippen LogP) is 6.64. The monoisotopic (exact) mass is 346 g/mol. The summed E-state index contributed by atoms with van der Waals surface area (Å²) >= 11 is 0. The standard InChI is InChI=1S/C20H42O2S/c1-2-3-4-5-6-7-8-9-10-11-12-13-14-15-16-17-18-19-20-23(21)22/h23H,2-20H2,1H3. The first kappa shape index (κ1) is 22.9. The van der Waals surface area contributed by atoms with Crippen molar-refractivity contribution in [2.45, 2.75) is 122 Å². The van der Waals surface area contributed by atoms with Crippen LogP contribution in [0, 0.1) is 0 Å². The van der Waals surface area contributed by atoms with Gasteiger partial charge in [-0.3, -0.25) is 0 Å². The van der Waals surface area contributed by atoms with E-state index in [1.807, 2.05) is 0 Å². The molecule has 0 bridgehead atoms. The molecular formula is C20H42O2S. The van der Waals surface area contributed by atoms with Gasteiger partial charge < -0.3 is 0 Å². The molecule has 0 unspecified atom stereocenters. The quantitative estimate of drug-likeness (QED) is 0.210. The third kappa shape index (κ3) is 21.9. The Morgan fingerprint density at radius 3 is 0.957 bits per heavy atom. The number of thiol groups is 1. The summed E-state index contributed by atoms with van der Waals surface area (Å²) in [6.45, 7) is 2.28. The van der Waals surface area contributed by atoms with E-state index >= 15 is 0 Å². The van der Waals surface area contributed by atoms with Crippen LogP contribution in [0.4, 0.5) is 0 Å². The minimum Gasteiger partial charge on any atom is -0.232 e. The van der Waals surface area contributed by atoms with Crippen molar-refractivity contribution >= 4 is 10.7 Å². The zero-order valence-corrected chi connectivity index (χ0v) is 16.6. The Kier molecular flexibility index (Phi) is 20.0. The van der Waals surface area contributed by atoms with Crippen LogP contribution in [0.5, 0.6) is 0 Å². The average molecular weight is 347 g/mol. The minimum atomic E-state index is -2.14. The molecule has 0 saturated carbocycles. The first-order valence-electron chi connectivity index (χ1n) is 10.4. The molecule has 0 heterocycles. The molecule has 0 spiro atoms. The number of unbranched alkanes of at least 4 members (excludes halogenated alkanes) is 17. The van der Waals surface area contributed by atoms with Gasteiger partial charge in [-0.2, -0.15) is 0 Å². The second-order valence-corrected chi connectivity index (χ2v) is 8.18. The van der Waals surface area contributed by atoms with Crippen molar-refractivity contribution in [2.75, 3.05) is 5.75 Å². The fourth-order valence-corrected chi connectivity index (χ4v) is 3.62. The minimum absolute atomic E-state index is 0.383. The Balaban J connectivity index is 2.97. The van der Waals surface area contributed by atoms with Crippen molar-refractivity contribution < 1.29 is 8.42 Å². The van der Waals surface area contributed by atoms with Crippen molar-refractivity contribution in [1.82, 2.24) is 0 Å². The Labute approximate surface area is 147 Å². The molecule has 0 fully saturated rings. The lowest BCUT2D eigenvalue weighted by Gasteiger charge is -2.03. The van der Waals surface area contributed by atoms with Gasteiger partial charge in [-0.1, -0.05) is 116 Å². The normalized spacial score (nSPS) is 11.4.